The van der Waals surface area contributed by atoms with E-state index in [4.69, 9.17) is 4.52 Å². The second kappa shape index (κ2) is 10.0. The lowest BCUT2D eigenvalue weighted by Crippen LogP contribution is -2.30. The average molecular weight is 374 g/mol. The van der Waals surface area contributed by atoms with Gasteiger partial charge < -0.3 is 9.84 Å². The van der Waals surface area contributed by atoms with Crippen molar-refractivity contribution in [3.63, 3.8) is 0 Å². The van der Waals surface area contributed by atoms with Crippen LogP contribution < -0.4 is 5.32 Å². The summed E-state index contributed by atoms with van der Waals surface area (Å²) in [5.74, 6) is 6.36. The zero-order valence-electron chi connectivity index (χ0n) is 15.0. The normalized spacial score (nSPS) is 11.5. The summed E-state index contributed by atoms with van der Waals surface area (Å²) in [5.41, 5.74) is 2.02. The number of aromatic nitrogens is 1. The summed E-state index contributed by atoms with van der Waals surface area (Å²) in [4.78, 5) is 11.4. The van der Waals surface area contributed by atoms with Crippen molar-refractivity contribution < 1.29 is 13.7 Å². The van der Waals surface area contributed by atoms with E-state index in [9.17, 15) is 9.18 Å². The first kappa shape index (κ1) is 20.1. The fourth-order valence-electron chi connectivity index (χ4n) is 2.37. The monoisotopic (exact) mass is 374 g/mol. The molecular weight excluding hydrogens is 351 g/mol. The van der Waals surface area contributed by atoms with Gasteiger partial charge in [0.25, 0.3) is 0 Å². The third kappa shape index (κ3) is 5.92. The van der Waals surface area contributed by atoms with Crippen molar-refractivity contribution in [2.75, 3.05) is 6.54 Å². The Morgan fingerprint density at radius 1 is 1.38 bits per heavy atom. The van der Waals surface area contributed by atoms with E-state index in [-0.39, 0.29) is 17.0 Å². The predicted octanol–water partition coefficient (Wildman–Crippen LogP) is 4.14. The highest BCUT2D eigenvalue weighted by Gasteiger charge is 2.13. The van der Waals surface area contributed by atoms with Crippen LogP contribution in [0.2, 0.25) is 0 Å². The molecule has 2 aromatic rings. The molecule has 0 fully saturated rings. The SMILES string of the molecule is Cc1noc(-c2cccc(F)c2)c1C#CCCCCCNC(=O)C(C)S. The Hall–Kier alpha value is -2.26. The minimum absolute atomic E-state index is 0.0408. The van der Waals surface area contributed by atoms with Crippen LogP contribution in [-0.4, -0.2) is 22.9 Å². The van der Waals surface area contributed by atoms with Crippen molar-refractivity contribution in [1.82, 2.24) is 10.5 Å². The number of aryl methyl sites for hydroxylation is 1. The standard InChI is InChI=1S/C20H23FN2O2S/c1-14-18(19(25-23-14)16-9-8-10-17(21)13-16)11-6-4-3-5-7-12-22-20(24)15(2)26/h8-10,13,15,26H,3-5,7,12H2,1-2H3,(H,22,24). The lowest BCUT2D eigenvalue weighted by atomic mass is 10.1. The van der Waals surface area contributed by atoms with Crippen LogP contribution in [0.1, 0.15) is 43.9 Å². The fraction of sp³-hybridized carbons (Fsp3) is 0.400. The molecule has 1 amide bonds. The molecule has 0 bridgehead atoms. The molecule has 4 nitrogen and oxygen atoms in total. The maximum absolute atomic E-state index is 13.4. The Bertz CT molecular complexity index is 806. The number of rotatable bonds is 7. The van der Waals surface area contributed by atoms with Crippen LogP contribution in [0.4, 0.5) is 4.39 Å². The Kier molecular flexibility index (Phi) is 7.73. The van der Waals surface area contributed by atoms with Gasteiger partial charge in [-0.25, -0.2) is 4.39 Å². The molecule has 1 N–H and O–H groups in total. The molecule has 1 aromatic heterocycles. The molecule has 6 heteroatoms. The maximum atomic E-state index is 13.4. The van der Waals surface area contributed by atoms with Gasteiger partial charge in [0, 0.05) is 18.5 Å². The molecule has 0 aliphatic heterocycles. The number of amides is 1. The second-order valence-corrected chi connectivity index (χ2v) is 6.84. The maximum Gasteiger partial charge on any atom is 0.232 e. The summed E-state index contributed by atoms with van der Waals surface area (Å²) in [6, 6.07) is 6.20. The fourth-order valence-corrected chi connectivity index (χ4v) is 2.46. The van der Waals surface area contributed by atoms with E-state index in [0.717, 1.165) is 25.7 Å². The Balaban J connectivity index is 1.83. The first-order valence-corrected chi connectivity index (χ1v) is 9.17. The predicted molar refractivity (Wildman–Crippen MR) is 103 cm³/mol. The van der Waals surface area contributed by atoms with Gasteiger partial charge in [-0.1, -0.05) is 35.6 Å². The number of nitrogens with one attached hydrogen (secondary N) is 1. The summed E-state index contributed by atoms with van der Waals surface area (Å²) < 4.78 is 18.7. The number of carbonyl (C=O) groups is 1. The highest BCUT2D eigenvalue weighted by Crippen LogP contribution is 2.26. The molecule has 0 saturated carbocycles. The minimum atomic E-state index is -0.324. The summed E-state index contributed by atoms with van der Waals surface area (Å²) in [5, 5.41) is 6.50. The molecule has 138 valence electrons. The van der Waals surface area contributed by atoms with Crippen LogP contribution in [-0.2, 0) is 4.79 Å². The third-order valence-electron chi connectivity index (χ3n) is 3.82. The number of benzene rings is 1. The zero-order valence-corrected chi connectivity index (χ0v) is 15.9. The molecule has 26 heavy (non-hydrogen) atoms. The van der Waals surface area contributed by atoms with E-state index in [2.05, 4.69) is 34.9 Å². The van der Waals surface area contributed by atoms with Crippen molar-refractivity contribution in [3.05, 3.63) is 41.3 Å². The van der Waals surface area contributed by atoms with Gasteiger partial charge in [-0.05, 0) is 38.8 Å². The largest absolute Gasteiger partial charge is 0.355 e. The molecule has 0 saturated heterocycles. The summed E-state index contributed by atoms with van der Waals surface area (Å²) in [6.07, 6.45) is 3.58. The molecule has 1 unspecified atom stereocenters. The molecule has 1 aromatic carbocycles. The number of thiol groups is 1. The summed E-state index contributed by atoms with van der Waals surface area (Å²) >= 11 is 4.08. The van der Waals surface area contributed by atoms with E-state index >= 15 is 0 Å². The highest BCUT2D eigenvalue weighted by atomic mass is 32.1. The van der Waals surface area contributed by atoms with Gasteiger partial charge in [0.1, 0.15) is 5.82 Å². The van der Waals surface area contributed by atoms with Gasteiger partial charge in [0.15, 0.2) is 5.76 Å². The van der Waals surface area contributed by atoms with Crippen molar-refractivity contribution in [3.8, 4) is 23.2 Å². The molecule has 2 rings (SSSR count). The zero-order chi connectivity index (χ0) is 18.9. The first-order valence-electron chi connectivity index (χ1n) is 8.66. The van der Waals surface area contributed by atoms with Gasteiger partial charge in [0.05, 0.1) is 16.5 Å². The van der Waals surface area contributed by atoms with E-state index in [1.165, 1.54) is 12.1 Å². The van der Waals surface area contributed by atoms with Crippen molar-refractivity contribution in [2.24, 2.45) is 0 Å². The number of halogens is 1. The lowest BCUT2D eigenvalue weighted by molar-refractivity contribution is -0.120. The average Bonchev–Trinajstić information content (AvgIpc) is 2.97. The van der Waals surface area contributed by atoms with Gasteiger partial charge >= 0.3 is 0 Å². The van der Waals surface area contributed by atoms with E-state index in [0.29, 0.717) is 29.1 Å². The van der Waals surface area contributed by atoms with Crippen LogP contribution in [0.3, 0.4) is 0 Å². The van der Waals surface area contributed by atoms with Gasteiger partial charge in [-0.2, -0.15) is 12.6 Å². The van der Waals surface area contributed by atoms with Crippen LogP contribution in [0.25, 0.3) is 11.3 Å². The lowest BCUT2D eigenvalue weighted by Gasteiger charge is -2.06. The molecule has 0 spiro atoms. The van der Waals surface area contributed by atoms with Gasteiger partial charge in [0.2, 0.25) is 5.91 Å². The number of nitrogens with zero attached hydrogens (tertiary/aromatic N) is 1. The van der Waals surface area contributed by atoms with Crippen LogP contribution >= 0.6 is 12.6 Å². The second-order valence-electron chi connectivity index (χ2n) is 6.06. The Morgan fingerprint density at radius 2 is 2.19 bits per heavy atom. The smallest absolute Gasteiger partial charge is 0.232 e. The minimum Gasteiger partial charge on any atom is -0.355 e. The summed E-state index contributed by atoms with van der Waals surface area (Å²) in [6.45, 7) is 4.23. The van der Waals surface area contributed by atoms with Gasteiger partial charge in [-0.3, -0.25) is 4.79 Å². The topological polar surface area (TPSA) is 55.1 Å². The number of unbranched alkanes of at least 4 members (excludes halogenated alkanes) is 3. The quantitative estimate of drug-likeness (QED) is 0.435. The number of hydrogen-bond acceptors (Lipinski definition) is 4. The van der Waals surface area contributed by atoms with E-state index < -0.39 is 0 Å². The van der Waals surface area contributed by atoms with E-state index in [1.54, 1.807) is 19.1 Å². The molecule has 1 heterocycles. The number of carbonyl (C=O) groups excluding carboxylic acids is 1. The number of hydrogen-bond donors (Lipinski definition) is 2. The van der Waals surface area contributed by atoms with Crippen molar-refractivity contribution >= 4 is 18.5 Å². The van der Waals surface area contributed by atoms with Crippen LogP contribution in [0.5, 0.6) is 0 Å². The van der Waals surface area contributed by atoms with Crippen LogP contribution in [0, 0.1) is 24.6 Å². The van der Waals surface area contributed by atoms with E-state index in [1.807, 2.05) is 6.92 Å². The van der Waals surface area contributed by atoms with Crippen LogP contribution in [0.15, 0.2) is 28.8 Å². The highest BCUT2D eigenvalue weighted by molar-refractivity contribution is 7.81. The summed E-state index contributed by atoms with van der Waals surface area (Å²) in [7, 11) is 0. The molecule has 1 atom stereocenters. The first-order chi connectivity index (χ1) is 12.5. The molecule has 0 radical (unpaired) electrons. The van der Waals surface area contributed by atoms with Gasteiger partial charge in [-0.15, -0.1) is 0 Å². The van der Waals surface area contributed by atoms with Crippen molar-refractivity contribution in [2.45, 2.75) is 44.8 Å². The Morgan fingerprint density at radius 3 is 2.92 bits per heavy atom. The molecular formula is C20H23FN2O2S. The molecule has 0 aliphatic rings. The Labute approximate surface area is 158 Å². The van der Waals surface area contributed by atoms with Crippen molar-refractivity contribution in [1.29, 1.82) is 0 Å². The third-order valence-corrected chi connectivity index (χ3v) is 4.05. The molecule has 0 aliphatic carbocycles.